The van der Waals surface area contributed by atoms with Crippen molar-refractivity contribution in [3.05, 3.63) is 40.7 Å². The Morgan fingerprint density at radius 2 is 2.29 bits per heavy atom. The van der Waals surface area contributed by atoms with Gasteiger partial charge in [-0.2, -0.15) is 4.98 Å². The Morgan fingerprint density at radius 3 is 3.06 bits per heavy atom. The lowest BCUT2D eigenvalue weighted by Crippen LogP contribution is -1.99. The second kappa shape index (κ2) is 5.68. The smallest absolute Gasteiger partial charge is 0.321 e. The van der Waals surface area contributed by atoms with Crippen molar-refractivity contribution in [3.8, 4) is 0 Å². The molecule has 5 heteroatoms. The highest BCUT2D eigenvalue weighted by Gasteiger charge is 2.06. The van der Waals surface area contributed by atoms with E-state index in [9.17, 15) is 0 Å². The molecule has 0 atom stereocenters. The van der Waals surface area contributed by atoms with Crippen molar-refractivity contribution in [2.75, 3.05) is 11.9 Å². The third kappa shape index (κ3) is 3.46. The summed E-state index contributed by atoms with van der Waals surface area (Å²) in [6.07, 6.45) is 1.64. The van der Waals surface area contributed by atoms with Crippen molar-refractivity contribution in [2.24, 2.45) is 0 Å². The van der Waals surface area contributed by atoms with Crippen LogP contribution in [0.15, 0.2) is 28.8 Å². The van der Waals surface area contributed by atoms with E-state index in [4.69, 9.17) is 16.1 Å². The van der Waals surface area contributed by atoms with Crippen LogP contribution in [0.4, 0.5) is 6.01 Å². The predicted molar refractivity (Wildman–Crippen MR) is 67.3 cm³/mol. The van der Waals surface area contributed by atoms with E-state index in [1.165, 1.54) is 0 Å². The fourth-order valence-electron chi connectivity index (χ4n) is 1.46. The Bertz CT molecular complexity index is 484. The van der Waals surface area contributed by atoms with Crippen LogP contribution in [0.5, 0.6) is 0 Å². The maximum Gasteiger partial charge on any atom is 0.321 e. The molecule has 0 radical (unpaired) electrons. The fraction of sp³-hybridized carbons (Fsp3) is 0.333. The van der Waals surface area contributed by atoms with Crippen molar-refractivity contribution in [1.29, 1.82) is 0 Å². The van der Waals surface area contributed by atoms with Crippen molar-refractivity contribution >= 4 is 17.6 Å². The van der Waals surface area contributed by atoms with E-state index in [0.717, 1.165) is 23.6 Å². The van der Waals surface area contributed by atoms with Gasteiger partial charge in [-0.1, -0.05) is 35.8 Å². The Kier molecular flexibility index (Phi) is 3.98. The van der Waals surface area contributed by atoms with Crippen molar-refractivity contribution in [2.45, 2.75) is 19.8 Å². The lowest BCUT2D eigenvalue weighted by molar-refractivity contribution is 0.423. The number of nitrogens with zero attached hydrogens (tertiary/aromatic N) is 2. The van der Waals surface area contributed by atoms with Crippen molar-refractivity contribution < 1.29 is 4.52 Å². The van der Waals surface area contributed by atoms with E-state index >= 15 is 0 Å². The zero-order valence-corrected chi connectivity index (χ0v) is 10.4. The van der Waals surface area contributed by atoms with E-state index in [2.05, 4.69) is 22.4 Å². The highest BCUT2D eigenvalue weighted by molar-refractivity contribution is 6.30. The molecule has 1 N–H and O–H groups in total. The SMILES string of the molecule is CCCNc1nc(Cc2cccc(Cl)c2)no1. The number of hydrogen-bond acceptors (Lipinski definition) is 4. The zero-order valence-electron chi connectivity index (χ0n) is 9.61. The van der Waals surface area contributed by atoms with Gasteiger partial charge in [-0.3, -0.25) is 0 Å². The Labute approximate surface area is 105 Å². The van der Waals surface area contributed by atoms with E-state index in [1.807, 2.05) is 24.3 Å². The summed E-state index contributed by atoms with van der Waals surface area (Å²) in [5, 5.41) is 7.67. The molecule has 1 heterocycles. The van der Waals surface area contributed by atoms with Gasteiger partial charge in [0.2, 0.25) is 0 Å². The van der Waals surface area contributed by atoms with Gasteiger partial charge in [0.1, 0.15) is 0 Å². The number of rotatable bonds is 5. The van der Waals surface area contributed by atoms with Crippen LogP contribution in [0.25, 0.3) is 0 Å². The molecule has 0 saturated carbocycles. The molecule has 0 saturated heterocycles. The van der Waals surface area contributed by atoms with Crippen molar-refractivity contribution in [1.82, 2.24) is 10.1 Å². The van der Waals surface area contributed by atoms with Gasteiger partial charge < -0.3 is 9.84 Å². The number of nitrogens with one attached hydrogen (secondary N) is 1. The molecule has 0 aliphatic rings. The normalized spacial score (nSPS) is 10.5. The van der Waals surface area contributed by atoms with E-state index in [-0.39, 0.29) is 0 Å². The monoisotopic (exact) mass is 251 g/mol. The number of anilines is 1. The second-order valence-corrected chi connectivity index (χ2v) is 4.19. The predicted octanol–water partition coefficient (Wildman–Crippen LogP) is 3.14. The van der Waals surface area contributed by atoms with Gasteiger partial charge in [-0.05, 0) is 24.1 Å². The van der Waals surface area contributed by atoms with Crippen LogP contribution in [-0.2, 0) is 6.42 Å². The molecule has 0 unspecified atom stereocenters. The minimum Gasteiger partial charge on any atom is -0.338 e. The minimum absolute atomic E-state index is 0.476. The van der Waals surface area contributed by atoms with Crippen LogP contribution in [-0.4, -0.2) is 16.7 Å². The van der Waals surface area contributed by atoms with Crippen LogP contribution in [0.1, 0.15) is 24.7 Å². The molecule has 0 spiro atoms. The average molecular weight is 252 g/mol. The van der Waals surface area contributed by atoms with Gasteiger partial charge in [-0.15, -0.1) is 0 Å². The molecule has 0 bridgehead atoms. The van der Waals surface area contributed by atoms with Gasteiger partial charge in [0.05, 0.1) is 0 Å². The Hall–Kier alpha value is -1.55. The highest BCUT2D eigenvalue weighted by atomic mass is 35.5. The topological polar surface area (TPSA) is 51.0 Å². The third-order valence-corrected chi connectivity index (χ3v) is 2.48. The summed E-state index contributed by atoms with van der Waals surface area (Å²) in [5.74, 6) is 0.658. The molecule has 1 aromatic carbocycles. The summed E-state index contributed by atoms with van der Waals surface area (Å²) in [5.41, 5.74) is 1.07. The van der Waals surface area contributed by atoms with Crippen LogP contribution < -0.4 is 5.32 Å². The van der Waals surface area contributed by atoms with E-state index < -0.39 is 0 Å². The highest BCUT2D eigenvalue weighted by Crippen LogP contribution is 2.14. The number of halogens is 1. The second-order valence-electron chi connectivity index (χ2n) is 3.75. The maximum absolute atomic E-state index is 5.91. The number of hydrogen-bond donors (Lipinski definition) is 1. The Morgan fingerprint density at radius 1 is 1.41 bits per heavy atom. The van der Waals surface area contributed by atoms with E-state index in [1.54, 1.807) is 0 Å². The molecule has 1 aromatic heterocycles. The summed E-state index contributed by atoms with van der Waals surface area (Å²) in [6.45, 7) is 2.91. The molecule has 0 aliphatic heterocycles. The summed E-state index contributed by atoms with van der Waals surface area (Å²) in [6, 6.07) is 8.12. The lowest BCUT2D eigenvalue weighted by Gasteiger charge is -1.97. The first kappa shape index (κ1) is 11.9. The average Bonchev–Trinajstić information content (AvgIpc) is 2.74. The molecular weight excluding hydrogens is 238 g/mol. The van der Waals surface area contributed by atoms with Crippen LogP contribution in [0.2, 0.25) is 5.02 Å². The Balaban J connectivity index is 2.01. The molecule has 2 rings (SSSR count). The summed E-state index contributed by atoms with van der Waals surface area (Å²) in [7, 11) is 0. The van der Waals surface area contributed by atoms with Crippen LogP contribution >= 0.6 is 11.6 Å². The summed E-state index contributed by atoms with van der Waals surface area (Å²) < 4.78 is 5.06. The molecule has 2 aromatic rings. The van der Waals surface area contributed by atoms with Gasteiger partial charge >= 0.3 is 6.01 Å². The quantitative estimate of drug-likeness (QED) is 0.887. The molecular formula is C12H14ClN3O. The standard InChI is InChI=1S/C12H14ClN3O/c1-2-6-14-12-15-11(16-17-12)8-9-4-3-5-10(13)7-9/h3-5,7H,2,6,8H2,1H3,(H,14,15,16). The van der Waals surface area contributed by atoms with E-state index in [0.29, 0.717) is 18.3 Å². The van der Waals surface area contributed by atoms with Gasteiger partial charge in [-0.25, -0.2) is 0 Å². The maximum atomic E-state index is 5.91. The summed E-state index contributed by atoms with van der Waals surface area (Å²) in [4.78, 5) is 4.24. The van der Waals surface area contributed by atoms with Gasteiger partial charge in [0.25, 0.3) is 0 Å². The number of aromatic nitrogens is 2. The summed E-state index contributed by atoms with van der Waals surface area (Å²) >= 11 is 5.91. The first-order valence-electron chi connectivity index (χ1n) is 5.59. The fourth-order valence-corrected chi connectivity index (χ4v) is 1.67. The number of benzene rings is 1. The van der Waals surface area contributed by atoms with Gasteiger partial charge in [0, 0.05) is 18.0 Å². The third-order valence-electron chi connectivity index (χ3n) is 2.25. The minimum atomic E-state index is 0.476. The molecule has 0 amide bonds. The largest absolute Gasteiger partial charge is 0.338 e. The zero-order chi connectivity index (χ0) is 12.1. The van der Waals surface area contributed by atoms with Crippen molar-refractivity contribution in [3.63, 3.8) is 0 Å². The molecule has 0 aliphatic carbocycles. The molecule has 17 heavy (non-hydrogen) atoms. The molecule has 4 nitrogen and oxygen atoms in total. The van der Waals surface area contributed by atoms with Gasteiger partial charge in [0.15, 0.2) is 5.82 Å². The van der Waals surface area contributed by atoms with Crippen LogP contribution in [0.3, 0.4) is 0 Å². The lowest BCUT2D eigenvalue weighted by atomic mass is 10.1. The first-order valence-corrected chi connectivity index (χ1v) is 5.96. The van der Waals surface area contributed by atoms with Crippen LogP contribution in [0, 0.1) is 0 Å². The molecule has 0 fully saturated rings. The molecule has 90 valence electrons. The first-order chi connectivity index (χ1) is 8.28.